The molecule has 4 rings (SSSR count). The van der Waals surface area contributed by atoms with E-state index in [9.17, 15) is 13.2 Å². The number of carbonyl (C=O) groups excluding carboxylic acids is 1. The second-order valence-electron chi connectivity index (χ2n) is 7.66. The highest BCUT2D eigenvalue weighted by molar-refractivity contribution is 7.89. The summed E-state index contributed by atoms with van der Waals surface area (Å²) < 4.78 is 33.7. The van der Waals surface area contributed by atoms with E-state index < -0.39 is 16.1 Å². The molecule has 8 nitrogen and oxygen atoms in total. The molecule has 1 fully saturated rings. The van der Waals surface area contributed by atoms with E-state index in [0.29, 0.717) is 30.4 Å². The van der Waals surface area contributed by atoms with E-state index in [0.717, 1.165) is 24.0 Å². The maximum Gasteiger partial charge on any atom is 0.245 e. The molecule has 1 aliphatic rings. The van der Waals surface area contributed by atoms with Gasteiger partial charge in [-0.15, -0.1) is 0 Å². The maximum atomic E-state index is 13.4. The van der Waals surface area contributed by atoms with Crippen LogP contribution >= 0.6 is 0 Å². The van der Waals surface area contributed by atoms with Crippen molar-refractivity contribution in [2.24, 2.45) is 0 Å². The minimum atomic E-state index is -3.77. The molecule has 1 amide bonds. The lowest BCUT2D eigenvalue weighted by molar-refractivity contribution is -0.114. The summed E-state index contributed by atoms with van der Waals surface area (Å²) >= 11 is 0. The van der Waals surface area contributed by atoms with Crippen molar-refractivity contribution in [3.63, 3.8) is 0 Å². The lowest BCUT2D eigenvalue weighted by atomic mass is 10.1. The third-order valence-corrected chi connectivity index (χ3v) is 7.19. The van der Waals surface area contributed by atoms with Crippen molar-refractivity contribution in [1.82, 2.24) is 14.4 Å². The smallest absolute Gasteiger partial charge is 0.245 e. The Morgan fingerprint density at radius 2 is 1.81 bits per heavy atom. The first kappa shape index (κ1) is 21.2. The number of sulfonamides is 1. The Kier molecular flexibility index (Phi) is 5.88. The number of amides is 1. The first-order chi connectivity index (χ1) is 14.8. The Hall–Kier alpha value is -3.04. The summed E-state index contributed by atoms with van der Waals surface area (Å²) in [5, 5.41) is 6.71. The van der Waals surface area contributed by atoms with Crippen LogP contribution in [0.5, 0.6) is 0 Å². The van der Waals surface area contributed by atoms with Crippen LogP contribution in [0.3, 0.4) is 0 Å². The minimum Gasteiger partial charge on any atom is -0.337 e. The Labute approximate surface area is 181 Å². The Bertz CT molecular complexity index is 1170. The van der Waals surface area contributed by atoms with Crippen molar-refractivity contribution in [2.45, 2.75) is 44.0 Å². The average molecular weight is 441 g/mol. The molecule has 1 N–H and O–H groups in total. The molecule has 1 saturated heterocycles. The van der Waals surface area contributed by atoms with Crippen LogP contribution in [-0.4, -0.2) is 35.3 Å². The average Bonchev–Trinajstić information content (AvgIpc) is 3.24. The summed E-state index contributed by atoms with van der Waals surface area (Å²) in [6.07, 6.45) is 2.25. The zero-order valence-electron chi connectivity index (χ0n) is 17.4. The maximum absolute atomic E-state index is 13.4. The topological polar surface area (TPSA) is 105 Å². The molecule has 1 aliphatic heterocycles. The third kappa shape index (κ3) is 4.52. The van der Waals surface area contributed by atoms with Crippen molar-refractivity contribution in [3.8, 4) is 11.4 Å². The highest BCUT2D eigenvalue weighted by atomic mass is 32.2. The van der Waals surface area contributed by atoms with Gasteiger partial charge < -0.3 is 9.84 Å². The number of aromatic nitrogens is 2. The minimum absolute atomic E-state index is 0.159. The van der Waals surface area contributed by atoms with Gasteiger partial charge in [-0.05, 0) is 44.0 Å². The van der Waals surface area contributed by atoms with Crippen LogP contribution in [0, 0.1) is 6.92 Å². The number of hydrogen-bond acceptors (Lipinski definition) is 6. The molecule has 0 radical (unpaired) electrons. The number of carbonyl (C=O) groups is 1. The number of aryl methyl sites for hydroxylation is 1. The fourth-order valence-corrected chi connectivity index (χ4v) is 5.33. The lowest BCUT2D eigenvalue weighted by Crippen LogP contribution is -2.38. The van der Waals surface area contributed by atoms with Crippen molar-refractivity contribution in [3.05, 3.63) is 60.0 Å². The van der Waals surface area contributed by atoms with Crippen molar-refractivity contribution < 1.29 is 17.7 Å². The van der Waals surface area contributed by atoms with Gasteiger partial charge in [-0.2, -0.15) is 9.29 Å². The standard InChI is InChI=1S/C22H24N4O4S/c1-15-6-8-17(9-7-15)21-24-22(30-25-21)20-5-3-4-14-26(20)31(28,29)19-12-10-18(11-13-19)23-16(2)27/h6-13,20H,3-5,14H2,1-2H3,(H,23,27). The van der Waals surface area contributed by atoms with Crippen LogP contribution in [-0.2, 0) is 14.8 Å². The Balaban J connectivity index is 1.61. The van der Waals surface area contributed by atoms with Crippen LogP contribution in [0.25, 0.3) is 11.4 Å². The van der Waals surface area contributed by atoms with Crippen LogP contribution in [0.4, 0.5) is 5.69 Å². The zero-order chi connectivity index (χ0) is 22.0. The van der Waals surface area contributed by atoms with Crippen LogP contribution < -0.4 is 5.32 Å². The molecule has 1 unspecified atom stereocenters. The summed E-state index contributed by atoms with van der Waals surface area (Å²) in [6, 6.07) is 13.4. The highest BCUT2D eigenvalue weighted by Gasteiger charge is 2.37. The van der Waals surface area contributed by atoms with E-state index >= 15 is 0 Å². The number of hydrogen-bond donors (Lipinski definition) is 1. The molecule has 1 atom stereocenters. The van der Waals surface area contributed by atoms with Gasteiger partial charge in [0.05, 0.1) is 4.90 Å². The summed E-state index contributed by atoms with van der Waals surface area (Å²) in [7, 11) is -3.77. The summed E-state index contributed by atoms with van der Waals surface area (Å²) in [5.74, 6) is 0.527. The van der Waals surface area contributed by atoms with E-state index in [2.05, 4.69) is 15.5 Å². The van der Waals surface area contributed by atoms with Crippen molar-refractivity contribution >= 4 is 21.6 Å². The predicted molar refractivity (Wildman–Crippen MR) is 116 cm³/mol. The number of nitrogens with one attached hydrogen (secondary N) is 1. The predicted octanol–water partition coefficient (Wildman–Crippen LogP) is 3.92. The summed E-state index contributed by atoms with van der Waals surface area (Å²) in [5.41, 5.74) is 2.49. The van der Waals surface area contributed by atoms with Gasteiger partial charge in [0.2, 0.25) is 27.6 Å². The van der Waals surface area contributed by atoms with Gasteiger partial charge in [-0.25, -0.2) is 8.42 Å². The van der Waals surface area contributed by atoms with E-state index in [4.69, 9.17) is 4.52 Å². The molecule has 0 aliphatic carbocycles. The van der Waals surface area contributed by atoms with Gasteiger partial charge in [-0.1, -0.05) is 41.4 Å². The van der Waals surface area contributed by atoms with Gasteiger partial charge in [0, 0.05) is 24.7 Å². The molecule has 162 valence electrons. The molecule has 3 aromatic rings. The molecular weight excluding hydrogens is 416 g/mol. The third-order valence-electron chi connectivity index (χ3n) is 5.27. The number of piperidine rings is 1. The molecule has 9 heteroatoms. The Morgan fingerprint density at radius 1 is 1.10 bits per heavy atom. The normalized spacial score (nSPS) is 17.4. The quantitative estimate of drug-likeness (QED) is 0.645. The van der Waals surface area contributed by atoms with E-state index in [1.54, 1.807) is 12.1 Å². The molecule has 1 aromatic heterocycles. The molecule has 31 heavy (non-hydrogen) atoms. The molecule has 2 aromatic carbocycles. The first-order valence-corrected chi connectivity index (χ1v) is 11.6. The zero-order valence-corrected chi connectivity index (χ0v) is 18.2. The largest absolute Gasteiger partial charge is 0.337 e. The van der Waals surface area contributed by atoms with E-state index in [1.807, 2.05) is 31.2 Å². The number of nitrogens with zero attached hydrogens (tertiary/aromatic N) is 3. The summed E-state index contributed by atoms with van der Waals surface area (Å²) in [6.45, 7) is 3.78. The van der Waals surface area contributed by atoms with E-state index in [1.165, 1.54) is 23.4 Å². The monoisotopic (exact) mass is 440 g/mol. The van der Waals surface area contributed by atoms with Gasteiger partial charge in [0.1, 0.15) is 6.04 Å². The van der Waals surface area contributed by atoms with Crippen LogP contribution in [0.2, 0.25) is 0 Å². The first-order valence-electron chi connectivity index (χ1n) is 10.1. The fourth-order valence-electron chi connectivity index (χ4n) is 3.68. The number of rotatable bonds is 5. The van der Waals surface area contributed by atoms with Gasteiger partial charge in [-0.3, -0.25) is 4.79 Å². The second kappa shape index (κ2) is 8.60. The van der Waals surface area contributed by atoms with E-state index in [-0.39, 0.29) is 10.8 Å². The summed E-state index contributed by atoms with van der Waals surface area (Å²) in [4.78, 5) is 15.9. The SMILES string of the molecule is CC(=O)Nc1ccc(S(=O)(=O)N2CCCCC2c2nc(-c3ccc(C)cc3)no2)cc1. The lowest BCUT2D eigenvalue weighted by Gasteiger charge is -2.32. The Morgan fingerprint density at radius 3 is 2.48 bits per heavy atom. The molecule has 0 saturated carbocycles. The molecular formula is C22H24N4O4S. The van der Waals surface area contributed by atoms with Gasteiger partial charge in [0.25, 0.3) is 0 Å². The fraction of sp³-hybridized carbons (Fsp3) is 0.318. The van der Waals surface area contributed by atoms with Gasteiger partial charge in [0.15, 0.2) is 0 Å². The van der Waals surface area contributed by atoms with Gasteiger partial charge >= 0.3 is 0 Å². The molecule has 0 spiro atoms. The van der Waals surface area contributed by atoms with Crippen molar-refractivity contribution in [2.75, 3.05) is 11.9 Å². The van der Waals surface area contributed by atoms with Crippen molar-refractivity contribution in [1.29, 1.82) is 0 Å². The number of anilines is 1. The highest BCUT2D eigenvalue weighted by Crippen LogP contribution is 2.35. The second-order valence-corrected chi connectivity index (χ2v) is 9.55. The number of benzene rings is 2. The molecule has 2 heterocycles. The van der Waals surface area contributed by atoms with Crippen LogP contribution in [0.1, 0.15) is 43.7 Å². The molecule has 0 bridgehead atoms. The van der Waals surface area contributed by atoms with Crippen LogP contribution in [0.15, 0.2) is 57.9 Å².